The minimum atomic E-state index is -3.84. The first kappa shape index (κ1) is 16.3. The van der Waals surface area contributed by atoms with Crippen LogP contribution in [0.4, 0.5) is 8.78 Å². The van der Waals surface area contributed by atoms with Crippen molar-refractivity contribution in [2.45, 2.75) is 17.9 Å². The third kappa shape index (κ3) is 3.42. The first-order valence-corrected chi connectivity index (χ1v) is 7.04. The Labute approximate surface area is 117 Å². The summed E-state index contributed by atoms with van der Waals surface area (Å²) in [6.07, 6.45) is 0. The molecule has 0 unspecified atom stereocenters. The molecule has 0 radical (unpaired) electrons. The zero-order valence-electron chi connectivity index (χ0n) is 10.3. The normalized spacial score (nSPS) is 20.9. The standard InChI is InChI=1S/C11H14F2N2O2S.ClH/c1-8-7-14-2-3-15(8)18(16,17)11-5-9(12)4-10(13)6-11;/h4-6,8,14H,2-3,7H2,1H3;1H/t8-;/m0./s1. The summed E-state index contributed by atoms with van der Waals surface area (Å²) in [6.45, 7) is 3.10. The SMILES string of the molecule is C[C@H]1CNCCN1S(=O)(=O)c1cc(F)cc(F)c1.Cl. The van der Waals surface area contributed by atoms with Crippen LogP contribution in [0.25, 0.3) is 0 Å². The molecule has 1 heterocycles. The number of piperazine rings is 1. The largest absolute Gasteiger partial charge is 0.314 e. The lowest BCUT2D eigenvalue weighted by Gasteiger charge is -2.32. The van der Waals surface area contributed by atoms with Crippen molar-refractivity contribution in [2.24, 2.45) is 0 Å². The molecule has 1 fully saturated rings. The Balaban J connectivity index is 0.00000180. The Morgan fingerprint density at radius 3 is 2.37 bits per heavy atom. The molecule has 1 aliphatic rings. The highest BCUT2D eigenvalue weighted by molar-refractivity contribution is 7.89. The van der Waals surface area contributed by atoms with E-state index in [0.717, 1.165) is 12.1 Å². The van der Waals surface area contributed by atoms with E-state index in [9.17, 15) is 17.2 Å². The summed E-state index contributed by atoms with van der Waals surface area (Å²) in [7, 11) is -3.84. The van der Waals surface area contributed by atoms with Crippen molar-refractivity contribution in [1.82, 2.24) is 9.62 Å². The van der Waals surface area contributed by atoms with Crippen LogP contribution in [-0.4, -0.2) is 38.4 Å². The molecule has 8 heteroatoms. The van der Waals surface area contributed by atoms with Gasteiger partial charge in [-0.15, -0.1) is 12.4 Å². The molecule has 0 saturated carbocycles. The maximum Gasteiger partial charge on any atom is 0.243 e. The average molecular weight is 313 g/mol. The van der Waals surface area contributed by atoms with Gasteiger partial charge < -0.3 is 5.32 Å². The van der Waals surface area contributed by atoms with E-state index in [0.29, 0.717) is 25.7 Å². The van der Waals surface area contributed by atoms with Crippen LogP contribution in [0, 0.1) is 11.6 Å². The smallest absolute Gasteiger partial charge is 0.243 e. The molecular formula is C11H15ClF2N2O2S. The number of halogens is 3. The summed E-state index contributed by atoms with van der Waals surface area (Å²) in [5.74, 6) is -1.78. The number of hydrogen-bond donors (Lipinski definition) is 1. The van der Waals surface area contributed by atoms with Crippen LogP contribution in [0.1, 0.15) is 6.92 Å². The molecule has 2 rings (SSSR count). The second-order valence-electron chi connectivity index (χ2n) is 4.27. The topological polar surface area (TPSA) is 49.4 Å². The van der Waals surface area contributed by atoms with Crippen molar-refractivity contribution >= 4 is 22.4 Å². The molecule has 1 aromatic carbocycles. The Hall–Kier alpha value is -0.760. The molecule has 0 amide bonds. The van der Waals surface area contributed by atoms with Crippen LogP contribution in [0.2, 0.25) is 0 Å². The number of hydrogen-bond acceptors (Lipinski definition) is 3. The van der Waals surface area contributed by atoms with Gasteiger partial charge in [0.1, 0.15) is 11.6 Å². The highest BCUT2D eigenvalue weighted by Crippen LogP contribution is 2.21. The zero-order valence-corrected chi connectivity index (χ0v) is 11.9. The van der Waals surface area contributed by atoms with Gasteiger partial charge in [0.15, 0.2) is 0 Å². The summed E-state index contributed by atoms with van der Waals surface area (Å²) in [6, 6.07) is 2.09. The molecule has 4 nitrogen and oxygen atoms in total. The van der Waals surface area contributed by atoms with Gasteiger partial charge in [0.2, 0.25) is 10.0 Å². The molecule has 0 aliphatic carbocycles. The summed E-state index contributed by atoms with van der Waals surface area (Å²) in [4.78, 5) is -0.339. The number of sulfonamides is 1. The van der Waals surface area contributed by atoms with Gasteiger partial charge in [-0.1, -0.05) is 0 Å². The third-order valence-corrected chi connectivity index (χ3v) is 4.87. The maximum atomic E-state index is 13.1. The molecule has 19 heavy (non-hydrogen) atoms. The highest BCUT2D eigenvalue weighted by atomic mass is 35.5. The fourth-order valence-corrected chi connectivity index (χ4v) is 3.67. The van der Waals surface area contributed by atoms with Crippen LogP contribution >= 0.6 is 12.4 Å². The van der Waals surface area contributed by atoms with E-state index in [2.05, 4.69) is 5.32 Å². The predicted molar refractivity (Wildman–Crippen MR) is 69.8 cm³/mol. The first-order chi connectivity index (χ1) is 8.41. The van der Waals surface area contributed by atoms with E-state index in [-0.39, 0.29) is 23.3 Å². The Morgan fingerprint density at radius 1 is 1.26 bits per heavy atom. The Morgan fingerprint density at radius 2 is 1.84 bits per heavy atom. The minimum absolute atomic E-state index is 0. The second kappa shape index (κ2) is 6.13. The number of benzene rings is 1. The number of rotatable bonds is 2. The zero-order chi connectivity index (χ0) is 13.3. The van der Waals surface area contributed by atoms with Crippen LogP contribution in [0.5, 0.6) is 0 Å². The molecule has 0 aromatic heterocycles. The van der Waals surface area contributed by atoms with Gasteiger partial charge in [0.05, 0.1) is 4.90 Å². The molecule has 0 spiro atoms. The Bertz CT molecular complexity index is 533. The van der Waals surface area contributed by atoms with Crippen molar-refractivity contribution in [1.29, 1.82) is 0 Å². The summed E-state index contributed by atoms with van der Waals surface area (Å²) < 4.78 is 52.0. The molecule has 1 aromatic rings. The van der Waals surface area contributed by atoms with Crippen LogP contribution < -0.4 is 5.32 Å². The quantitative estimate of drug-likeness (QED) is 0.897. The monoisotopic (exact) mass is 312 g/mol. The van der Waals surface area contributed by atoms with E-state index in [4.69, 9.17) is 0 Å². The fraction of sp³-hybridized carbons (Fsp3) is 0.455. The molecule has 1 N–H and O–H groups in total. The first-order valence-electron chi connectivity index (χ1n) is 5.60. The summed E-state index contributed by atoms with van der Waals surface area (Å²) in [5.41, 5.74) is 0. The molecule has 1 aliphatic heterocycles. The lowest BCUT2D eigenvalue weighted by atomic mass is 10.3. The van der Waals surface area contributed by atoms with E-state index >= 15 is 0 Å². The van der Waals surface area contributed by atoms with Crippen molar-refractivity contribution < 1.29 is 17.2 Å². The molecule has 108 valence electrons. The molecule has 1 saturated heterocycles. The van der Waals surface area contributed by atoms with E-state index in [1.807, 2.05) is 0 Å². The number of nitrogens with zero attached hydrogens (tertiary/aromatic N) is 1. The van der Waals surface area contributed by atoms with Crippen molar-refractivity contribution in [3.8, 4) is 0 Å². The lowest BCUT2D eigenvalue weighted by molar-refractivity contribution is 0.283. The van der Waals surface area contributed by atoms with Gasteiger partial charge in [-0.05, 0) is 19.1 Å². The van der Waals surface area contributed by atoms with Gasteiger partial charge >= 0.3 is 0 Å². The summed E-state index contributed by atoms with van der Waals surface area (Å²) in [5, 5.41) is 3.06. The van der Waals surface area contributed by atoms with E-state index in [1.165, 1.54) is 4.31 Å². The molecule has 0 bridgehead atoms. The number of nitrogens with one attached hydrogen (secondary N) is 1. The van der Waals surface area contributed by atoms with Gasteiger partial charge in [-0.25, -0.2) is 17.2 Å². The van der Waals surface area contributed by atoms with Crippen LogP contribution in [0.15, 0.2) is 23.1 Å². The fourth-order valence-electron chi connectivity index (χ4n) is 1.99. The van der Waals surface area contributed by atoms with Gasteiger partial charge in [-0.2, -0.15) is 4.31 Å². The van der Waals surface area contributed by atoms with Gasteiger partial charge in [0.25, 0.3) is 0 Å². The van der Waals surface area contributed by atoms with Gasteiger partial charge in [0, 0.05) is 31.7 Å². The van der Waals surface area contributed by atoms with Crippen LogP contribution in [0.3, 0.4) is 0 Å². The Kier molecular flexibility index (Phi) is 5.26. The summed E-state index contributed by atoms with van der Waals surface area (Å²) >= 11 is 0. The van der Waals surface area contributed by atoms with E-state index < -0.39 is 21.7 Å². The maximum absolute atomic E-state index is 13.1. The van der Waals surface area contributed by atoms with Crippen molar-refractivity contribution in [2.75, 3.05) is 19.6 Å². The molecule has 1 atom stereocenters. The highest BCUT2D eigenvalue weighted by Gasteiger charge is 2.31. The van der Waals surface area contributed by atoms with Crippen molar-refractivity contribution in [3.63, 3.8) is 0 Å². The van der Waals surface area contributed by atoms with Crippen molar-refractivity contribution in [3.05, 3.63) is 29.8 Å². The predicted octanol–water partition coefficient (Wildman–Crippen LogP) is 1.37. The minimum Gasteiger partial charge on any atom is -0.314 e. The van der Waals surface area contributed by atoms with E-state index in [1.54, 1.807) is 6.92 Å². The average Bonchev–Trinajstić information content (AvgIpc) is 2.28. The lowest BCUT2D eigenvalue weighted by Crippen LogP contribution is -2.52. The second-order valence-corrected chi connectivity index (χ2v) is 6.16. The van der Waals surface area contributed by atoms with Crippen LogP contribution in [-0.2, 0) is 10.0 Å². The third-order valence-electron chi connectivity index (χ3n) is 2.88. The van der Waals surface area contributed by atoms with Gasteiger partial charge in [-0.3, -0.25) is 0 Å². The molecular weight excluding hydrogens is 298 g/mol.